The summed E-state index contributed by atoms with van der Waals surface area (Å²) in [7, 11) is 0. The fraction of sp³-hybridized carbons (Fsp3) is 0.565. The third-order valence-electron chi connectivity index (χ3n) is 5.86. The van der Waals surface area contributed by atoms with Gasteiger partial charge in [0.05, 0.1) is 35.2 Å². The lowest BCUT2D eigenvalue weighted by Gasteiger charge is -2.27. The van der Waals surface area contributed by atoms with E-state index < -0.39 is 35.7 Å². The average Bonchev–Trinajstić information content (AvgIpc) is 3.28. The van der Waals surface area contributed by atoms with Crippen molar-refractivity contribution in [3.63, 3.8) is 0 Å². The van der Waals surface area contributed by atoms with Crippen molar-refractivity contribution < 1.29 is 33.8 Å². The number of rotatable bonds is 7. The van der Waals surface area contributed by atoms with Crippen LogP contribution in [0, 0.1) is 23.7 Å². The fourth-order valence-corrected chi connectivity index (χ4v) is 4.75. The Balaban J connectivity index is 1.88. The number of ether oxygens (including phenoxy) is 2. The minimum absolute atomic E-state index is 0.0159. The Morgan fingerprint density at radius 1 is 0.871 bits per heavy atom. The summed E-state index contributed by atoms with van der Waals surface area (Å²) in [5, 5.41) is 12.4. The van der Waals surface area contributed by atoms with Crippen LogP contribution in [0.5, 0.6) is 0 Å². The molecule has 1 aromatic carbocycles. The predicted octanol–water partition coefficient (Wildman–Crippen LogP) is 3.50. The third kappa shape index (κ3) is 5.06. The number of nitrogens with one attached hydrogen (secondary N) is 1. The van der Waals surface area contributed by atoms with Crippen LogP contribution in [0.3, 0.4) is 0 Å². The van der Waals surface area contributed by atoms with E-state index in [0.29, 0.717) is 0 Å². The van der Waals surface area contributed by atoms with Gasteiger partial charge in [-0.1, -0.05) is 0 Å². The zero-order chi connectivity index (χ0) is 22.9. The summed E-state index contributed by atoms with van der Waals surface area (Å²) in [6.45, 7) is 6.83. The van der Waals surface area contributed by atoms with Crippen LogP contribution in [0.2, 0.25) is 0 Å². The molecule has 8 heteroatoms. The van der Waals surface area contributed by atoms with Crippen LogP contribution < -0.4 is 5.32 Å². The monoisotopic (exact) mass is 431 g/mol. The summed E-state index contributed by atoms with van der Waals surface area (Å²) >= 11 is 0. The Labute approximate surface area is 181 Å². The Kier molecular flexibility index (Phi) is 6.67. The van der Waals surface area contributed by atoms with Gasteiger partial charge in [-0.15, -0.1) is 0 Å². The van der Waals surface area contributed by atoms with E-state index in [1.165, 1.54) is 18.2 Å². The molecule has 2 aliphatic carbocycles. The maximum atomic E-state index is 13.0. The molecule has 4 atom stereocenters. The molecule has 0 radical (unpaired) electrons. The lowest BCUT2D eigenvalue weighted by atomic mass is 9.78. The van der Waals surface area contributed by atoms with Crippen molar-refractivity contribution in [1.82, 2.24) is 0 Å². The first-order valence-corrected chi connectivity index (χ1v) is 10.7. The second-order valence-corrected chi connectivity index (χ2v) is 8.92. The zero-order valence-corrected chi connectivity index (χ0v) is 18.2. The second kappa shape index (κ2) is 9.08. The second-order valence-electron chi connectivity index (χ2n) is 8.92. The lowest BCUT2D eigenvalue weighted by molar-refractivity contribution is -0.148. The molecule has 0 heterocycles. The average molecular weight is 431 g/mol. The molecule has 31 heavy (non-hydrogen) atoms. The lowest BCUT2D eigenvalue weighted by Crippen LogP contribution is -2.37. The number of carbonyl (C=O) groups is 4. The highest BCUT2D eigenvalue weighted by Crippen LogP contribution is 2.52. The number of carbonyl (C=O) groups excluding carboxylic acids is 3. The van der Waals surface area contributed by atoms with E-state index >= 15 is 0 Å². The molecule has 2 fully saturated rings. The minimum atomic E-state index is -0.956. The van der Waals surface area contributed by atoms with Gasteiger partial charge in [-0.05, 0) is 77.0 Å². The zero-order valence-electron chi connectivity index (χ0n) is 18.2. The van der Waals surface area contributed by atoms with Crippen molar-refractivity contribution >= 4 is 29.5 Å². The summed E-state index contributed by atoms with van der Waals surface area (Å²) < 4.78 is 10.4. The highest BCUT2D eigenvalue weighted by Gasteiger charge is 2.54. The van der Waals surface area contributed by atoms with Gasteiger partial charge >= 0.3 is 17.9 Å². The van der Waals surface area contributed by atoms with Gasteiger partial charge in [0.2, 0.25) is 5.91 Å². The van der Waals surface area contributed by atoms with E-state index in [0.717, 1.165) is 19.3 Å². The number of hydrogen-bond acceptors (Lipinski definition) is 6. The largest absolute Gasteiger partial charge is 0.481 e. The van der Waals surface area contributed by atoms with Gasteiger partial charge in [0, 0.05) is 5.69 Å². The molecule has 0 aliphatic heterocycles. The maximum Gasteiger partial charge on any atom is 0.338 e. The molecule has 3 rings (SSSR count). The standard InChI is InChI=1S/C23H29NO7/c1-11(2)30-22(28)15-8-16(23(29)31-12(3)4)10-17(9-15)24-20(25)18-13-5-6-14(7-13)19(18)21(26)27/h8-14,18-19H,5-7H2,1-4H3,(H,24,25)(H,26,27). The number of hydrogen-bond donors (Lipinski definition) is 2. The van der Waals surface area contributed by atoms with Crippen LogP contribution in [-0.2, 0) is 19.1 Å². The first kappa shape index (κ1) is 22.8. The molecule has 0 saturated heterocycles. The van der Waals surface area contributed by atoms with Gasteiger partial charge in [0.1, 0.15) is 0 Å². The number of benzene rings is 1. The van der Waals surface area contributed by atoms with Crippen molar-refractivity contribution in [2.45, 2.75) is 59.2 Å². The smallest absolute Gasteiger partial charge is 0.338 e. The first-order chi connectivity index (χ1) is 14.6. The number of fused-ring (bicyclic) bond motifs is 2. The van der Waals surface area contributed by atoms with Crippen molar-refractivity contribution in [2.75, 3.05) is 5.32 Å². The Hall–Kier alpha value is -2.90. The fourth-order valence-electron chi connectivity index (χ4n) is 4.75. The number of carboxylic acid groups (broad SMARTS) is 1. The van der Waals surface area contributed by atoms with E-state index in [4.69, 9.17) is 9.47 Å². The molecule has 8 nitrogen and oxygen atoms in total. The molecule has 2 N–H and O–H groups in total. The summed E-state index contributed by atoms with van der Waals surface area (Å²) in [5.41, 5.74) is 0.431. The highest BCUT2D eigenvalue weighted by molar-refractivity contribution is 6.01. The molecule has 1 amide bonds. The molecule has 168 valence electrons. The van der Waals surface area contributed by atoms with Crippen LogP contribution in [-0.4, -0.2) is 41.1 Å². The van der Waals surface area contributed by atoms with Crippen LogP contribution >= 0.6 is 0 Å². The van der Waals surface area contributed by atoms with Gasteiger partial charge in [0.15, 0.2) is 0 Å². The Bertz CT molecular complexity index is 852. The van der Waals surface area contributed by atoms with Gasteiger partial charge in [0.25, 0.3) is 0 Å². The topological polar surface area (TPSA) is 119 Å². The quantitative estimate of drug-likeness (QED) is 0.634. The Morgan fingerprint density at radius 2 is 1.35 bits per heavy atom. The number of aliphatic carboxylic acids is 1. The summed E-state index contributed by atoms with van der Waals surface area (Å²) in [5.74, 6) is -3.92. The van der Waals surface area contributed by atoms with Crippen LogP contribution in [0.1, 0.15) is 67.7 Å². The van der Waals surface area contributed by atoms with E-state index in [9.17, 15) is 24.3 Å². The van der Waals surface area contributed by atoms with E-state index in [2.05, 4.69) is 5.32 Å². The van der Waals surface area contributed by atoms with Gasteiger partial charge in [-0.3, -0.25) is 9.59 Å². The molecule has 4 unspecified atom stereocenters. The number of anilines is 1. The van der Waals surface area contributed by atoms with Gasteiger partial charge in [-0.25, -0.2) is 9.59 Å². The number of esters is 2. The normalized spacial score (nSPS) is 24.3. The molecule has 0 aromatic heterocycles. The maximum absolute atomic E-state index is 13.0. The third-order valence-corrected chi connectivity index (χ3v) is 5.86. The first-order valence-electron chi connectivity index (χ1n) is 10.7. The molecular formula is C23H29NO7. The number of amides is 1. The molecular weight excluding hydrogens is 402 g/mol. The molecule has 2 bridgehead atoms. The molecule has 2 saturated carbocycles. The SMILES string of the molecule is CC(C)OC(=O)c1cc(NC(=O)C2C3CCC(C3)C2C(=O)O)cc(C(=O)OC(C)C)c1. The van der Waals surface area contributed by atoms with Crippen LogP contribution in [0.25, 0.3) is 0 Å². The van der Waals surface area contributed by atoms with E-state index in [-0.39, 0.29) is 40.9 Å². The summed E-state index contributed by atoms with van der Waals surface area (Å²) in [6.07, 6.45) is 1.68. The van der Waals surface area contributed by atoms with Crippen molar-refractivity contribution in [3.05, 3.63) is 29.3 Å². The van der Waals surface area contributed by atoms with Crippen LogP contribution in [0.4, 0.5) is 5.69 Å². The van der Waals surface area contributed by atoms with Gasteiger partial charge in [-0.2, -0.15) is 0 Å². The van der Waals surface area contributed by atoms with E-state index in [1.54, 1.807) is 27.7 Å². The van der Waals surface area contributed by atoms with Crippen molar-refractivity contribution in [3.8, 4) is 0 Å². The molecule has 0 spiro atoms. The van der Waals surface area contributed by atoms with Crippen LogP contribution in [0.15, 0.2) is 18.2 Å². The van der Waals surface area contributed by atoms with Crippen molar-refractivity contribution in [1.29, 1.82) is 0 Å². The minimum Gasteiger partial charge on any atom is -0.481 e. The Morgan fingerprint density at radius 3 is 1.81 bits per heavy atom. The van der Waals surface area contributed by atoms with Gasteiger partial charge < -0.3 is 19.9 Å². The predicted molar refractivity (Wildman–Crippen MR) is 112 cm³/mol. The number of carboxylic acids is 1. The highest BCUT2D eigenvalue weighted by atomic mass is 16.5. The van der Waals surface area contributed by atoms with Crippen molar-refractivity contribution in [2.24, 2.45) is 23.7 Å². The molecule has 1 aromatic rings. The summed E-state index contributed by atoms with van der Waals surface area (Å²) in [6, 6.07) is 4.22. The van der Waals surface area contributed by atoms with E-state index in [1.807, 2.05) is 0 Å². The summed E-state index contributed by atoms with van der Waals surface area (Å²) in [4.78, 5) is 49.6. The molecule has 2 aliphatic rings.